The van der Waals surface area contributed by atoms with Gasteiger partial charge in [-0.25, -0.2) is 0 Å². The summed E-state index contributed by atoms with van der Waals surface area (Å²) in [5.41, 5.74) is 0.943. The maximum atomic E-state index is 10.8. The summed E-state index contributed by atoms with van der Waals surface area (Å²) >= 11 is 0. The van der Waals surface area contributed by atoms with Crippen LogP contribution in [0.2, 0.25) is 0 Å². The van der Waals surface area contributed by atoms with Gasteiger partial charge < -0.3 is 14.6 Å². The number of hydrogen-bond acceptors (Lipinski definition) is 3. The van der Waals surface area contributed by atoms with Gasteiger partial charge in [0, 0.05) is 5.56 Å². The van der Waals surface area contributed by atoms with Gasteiger partial charge >= 0.3 is 5.97 Å². The van der Waals surface area contributed by atoms with E-state index in [0.29, 0.717) is 18.8 Å². The summed E-state index contributed by atoms with van der Waals surface area (Å²) in [4.78, 5) is 10.8. The minimum Gasteiger partial charge on any atom is -0.494 e. The molecule has 1 N–H and O–H groups in total. The Morgan fingerprint density at radius 2 is 2.21 bits per heavy atom. The lowest BCUT2D eigenvalue weighted by Crippen LogP contribution is -2.18. The second-order valence-corrected chi connectivity index (χ2v) is 4.25. The molecule has 0 fully saturated rings. The molecule has 1 aromatic carbocycles. The van der Waals surface area contributed by atoms with Crippen molar-refractivity contribution < 1.29 is 19.4 Å². The first-order chi connectivity index (χ1) is 9.08. The Hall–Kier alpha value is -1.97. The lowest BCUT2D eigenvalue weighted by Gasteiger charge is -2.14. The Bertz CT molecular complexity index is 440. The molecule has 104 valence electrons. The molecule has 0 bridgehead atoms. The summed E-state index contributed by atoms with van der Waals surface area (Å²) in [6.07, 6.45) is 2.43. The van der Waals surface area contributed by atoms with Gasteiger partial charge in [-0.15, -0.1) is 6.58 Å². The van der Waals surface area contributed by atoms with E-state index in [2.05, 4.69) is 6.58 Å². The van der Waals surface area contributed by atoms with Crippen molar-refractivity contribution in [3.8, 4) is 11.5 Å². The molecule has 1 aromatic rings. The standard InChI is InChI=1S/C15H20O4/c1-4-6-12-9-13(18-5-2)7-8-14(12)19-10-11(3)15(16)17/h4,7-9,11H,1,5-6,10H2,2-3H3,(H,16,17). The van der Waals surface area contributed by atoms with Crippen molar-refractivity contribution in [1.82, 2.24) is 0 Å². The first kappa shape index (κ1) is 15.1. The molecule has 0 aliphatic rings. The molecule has 19 heavy (non-hydrogen) atoms. The topological polar surface area (TPSA) is 55.8 Å². The van der Waals surface area contributed by atoms with Crippen molar-refractivity contribution in [3.63, 3.8) is 0 Å². The van der Waals surface area contributed by atoms with Crippen LogP contribution in [0.1, 0.15) is 19.4 Å². The van der Waals surface area contributed by atoms with Gasteiger partial charge in [0.05, 0.1) is 12.5 Å². The van der Waals surface area contributed by atoms with Crippen LogP contribution in [-0.2, 0) is 11.2 Å². The fourth-order valence-corrected chi connectivity index (χ4v) is 1.55. The zero-order valence-electron chi connectivity index (χ0n) is 11.4. The molecule has 0 saturated carbocycles. The minimum atomic E-state index is -0.865. The van der Waals surface area contributed by atoms with Crippen LogP contribution in [0.25, 0.3) is 0 Å². The summed E-state index contributed by atoms with van der Waals surface area (Å²) in [5.74, 6) is 0.0498. The zero-order valence-corrected chi connectivity index (χ0v) is 11.4. The first-order valence-electron chi connectivity index (χ1n) is 6.30. The highest BCUT2D eigenvalue weighted by Crippen LogP contribution is 2.25. The average molecular weight is 264 g/mol. The molecule has 0 heterocycles. The Morgan fingerprint density at radius 3 is 2.79 bits per heavy atom. The van der Waals surface area contributed by atoms with Gasteiger partial charge in [0.25, 0.3) is 0 Å². The average Bonchev–Trinajstić information content (AvgIpc) is 2.38. The van der Waals surface area contributed by atoms with Crippen molar-refractivity contribution in [2.45, 2.75) is 20.3 Å². The van der Waals surface area contributed by atoms with Crippen LogP contribution in [0.15, 0.2) is 30.9 Å². The van der Waals surface area contributed by atoms with E-state index in [1.54, 1.807) is 19.1 Å². The predicted molar refractivity (Wildman–Crippen MR) is 73.8 cm³/mol. The number of ether oxygens (including phenoxy) is 2. The summed E-state index contributed by atoms with van der Waals surface area (Å²) in [5, 5.41) is 8.83. The number of rotatable bonds is 8. The zero-order chi connectivity index (χ0) is 14.3. The van der Waals surface area contributed by atoms with E-state index in [0.717, 1.165) is 11.3 Å². The molecule has 0 aliphatic heterocycles. The second-order valence-electron chi connectivity index (χ2n) is 4.25. The molecule has 1 unspecified atom stereocenters. The van der Waals surface area contributed by atoms with Crippen LogP contribution in [0.3, 0.4) is 0 Å². The van der Waals surface area contributed by atoms with Crippen LogP contribution < -0.4 is 9.47 Å². The van der Waals surface area contributed by atoms with Gasteiger partial charge in [-0.05, 0) is 38.5 Å². The van der Waals surface area contributed by atoms with E-state index in [-0.39, 0.29) is 6.61 Å². The molecule has 4 nitrogen and oxygen atoms in total. The van der Waals surface area contributed by atoms with E-state index in [9.17, 15) is 4.79 Å². The minimum absolute atomic E-state index is 0.146. The number of carbonyl (C=O) groups is 1. The van der Waals surface area contributed by atoms with Crippen LogP contribution in [0, 0.1) is 5.92 Å². The van der Waals surface area contributed by atoms with E-state index in [1.807, 2.05) is 19.1 Å². The third-order valence-electron chi connectivity index (χ3n) is 2.62. The third-order valence-corrected chi connectivity index (χ3v) is 2.62. The highest BCUT2D eigenvalue weighted by atomic mass is 16.5. The first-order valence-corrected chi connectivity index (χ1v) is 6.30. The maximum absolute atomic E-state index is 10.8. The van der Waals surface area contributed by atoms with Crippen LogP contribution in [-0.4, -0.2) is 24.3 Å². The van der Waals surface area contributed by atoms with Crippen molar-refractivity contribution in [2.24, 2.45) is 5.92 Å². The Balaban J connectivity index is 2.80. The second kappa shape index (κ2) is 7.46. The van der Waals surface area contributed by atoms with Gasteiger partial charge in [0.1, 0.15) is 18.1 Å². The normalized spacial score (nSPS) is 11.7. The Morgan fingerprint density at radius 1 is 1.47 bits per heavy atom. The predicted octanol–water partition coefficient (Wildman–Crippen LogP) is 2.91. The summed E-state index contributed by atoms with van der Waals surface area (Å²) < 4.78 is 11.0. The summed E-state index contributed by atoms with van der Waals surface area (Å²) in [7, 11) is 0. The number of aliphatic carboxylic acids is 1. The lowest BCUT2D eigenvalue weighted by atomic mass is 10.1. The quantitative estimate of drug-likeness (QED) is 0.733. The molecule has 0 aromatic heterocycles. The number of hydrogen-bond donors (Lipinski definition) is 1. The fourth-order valence-electron chi connectivity index (χ4n) is 1.55. The van der Waals surface area contributed by atoms with Crippen LogP contribution in [0.5, 0.6) is 11.5 Å². The molecule has 0 amide bonds. The third kappa shape index (κ3) is 4.66. The van der Waals surface area contributed by atoms with Gasteiger partial charge in [-0.3, -0.25) is 4.79 Å². The molecular weight excluding hydrogens is 244 g/mol. The van der Waals surface area contributed by atoms with Crippen molar-refractivity contribution in [1.29, 1.82) is 0 Å². The Labute approximate surface area is 113 Å². The van der Waals surface area contributed by atoms with Gasteiger partial charge in [0.15, 0.2) is 0 Å². The molecular formula is C15H20O4. The van der Waals surface area contributed by atoms with E-state index in [4.69, 9.17) is 14.6 Å². The van der Waals surface area contributed by atoms with Gasteiger partial charge in [-0.1, -0.05) is 6.08 Å². The van der Waals surface area contributed by atoms with Crippen molar-refractivity contribution in [2.75, 3.05) is 13.2 Å². The van der Waals surface area contributed by atoms with E-state index < -0.39 is 11.9 Å². The van der Waals surface area contributed by atoms with E-state index >= 15 is 0 Å². The molecule has 0 radical (unpaired) electrons. The van der Waals surface area contributed by atoms with Gasteiger partial charge in [-0.2, -0.15) is 0 Å². The summed E-state index contributed by atoms with van der Waals surface area (Å²) in [6.45, 7) is 7.99. The fraction of sp³-hybridized carbons (Fsp3) is 0.400. The van der Waals surface area contributed by atoms with Gasteiger partial charge in [0.2, 0.25) is 0 Å². The van der Waals surface area contributed by atoms with E-state index in [1.165, 1.54) is 0 Å². The number of benzene rings is 1. The molecule has 1 rings (SSSR count). The molecule has 0 aliphatic carbocycles. The monoisotopic (exact) mass is 264 g/mol. The number of carboxylic acids is 1. The van der Waals surface area contributed by atoms with Crippen LogP contribution in [0.4, 0.5) is 0 Å². The number of carboxylic acid groups (broad SMARTS) is 1. The van der Waals surface area contributed by atoms with Crippen molar-refractivity contribution >= 4 is 5.97 Å². The SMILES string of the molecule is C=CCc1cc(OCC)ccc1OCC(C)C(=O)O. The highest BCUT2D eigenvalue weighted by molar-refractivity contribution is 5.69. The molecule has 4 heteroatoms. The van der Waals surface area contributed by atoms with Crippen LogP contribution >= 0.6 is 0 Å². The Kier molecular flexibility index (Phi) is 5.93. The lowest BCUT2D eigenvalue weighted by molar-refractivity contribution is -0.142. The van der Waals surface area contributed by atoms with Crippen molar-refractivity contribution in [3.05, 3.63) is 36.4 Å². The smallest absolute Gasteiger partial charge is 0.309 e. The molecule has 0 saturated heterocycles. The largest absolute Gasteiger partial charge is 0.494 e. The maximum Gasteiger partial charge on any atom is 0.309 e. The highest BCUT2D eigenvalue weighted by Gasteiger charge is 2.13. The summed E-state index contributed by atoms with van der Waals surface area (Å²) in [6, 6.07) is 5.52. The molecule has 1 atom stereocenters. The number of allylic oxidation sites excluding steroid dienone is 1. The molecule has 0 spiro atoms.